The van der Waals surface area contributed by atoms with Crippen molar-refractivity contribution in [1.29, 1.82) is 0 Å². The van der Waals surface area contributed by atoms with Crippen molar-refractivity contribution in [3.63, 3.8) is 0 Å². The first kappa shape index (κ1) is 50.9. The van der Waals surface area contributed by atoms with Gasteiger partial charge in [-0.05, 0) is 70.6 Å². The van der Waals surface area contributed by atoms with Crippen molar-refractivity contribution in [3.8, 4) is 0 Å². The minimum absolute atomic E-state index is 0.162. The van der Waals surface area contributed by atoms with Gasteiger partial charge in [-0.3, -0.25) is 18.6 Å². The third-order valence-corrected chi connectivity index (χ3v) is 9.42. The second-order valence-corrected chi connectivity index (χ2v) is 15.1. The maximum atomic E-state index is 12.6. The highest BCUT2D eigenvalue weighted by Crippen LogP contribution is 2.43. The Morgan fingerprint density at radius 1 is 0.585 bits per heavy atom. The van der Waals surface area contributed by atoms with Crippen LogP contribution >= 0.6 is 7.82 Å². The summed E-state index contributed by atoms with van der Waals surface area (Å²) in [6.45, 7) is 2.22. The smallest absolute Gasteiger partial charge is 0.462 e. The summed E-state index contributed by atoms with van der Waals surface area (Å²) in [5.74, 6) is -0.957. The lowest BCUT2D eigenvalue weighted by molar-refractivity contribution is -0.161. The Morgan fingerprint density at radius 2 is 1.04 bits per heavy atom. The summed E-state index contributed by atoms with van der Waals surface area (Å²) < 4.78 is 32.6. The molecule has 11 heteroatoms. The van der Waals surface area contributed by atoms with E-state index in [-0.39, 0.29) is 19.4 Å². The maximum absolute atomic E-state index is 12.6. The molecule has 0 aromatic carbocycles. The molecular weight excluding hydrogens is 695 g/mol. The van der Waals surface area contributed by atoms with Crippen LogP contribution in [0.1, 0.15) is 168 Å². The molecule has 0 rings (SSSR count). The largest absolute Gasteiger partial charge is 0.472 e. The molecule has 0 heterocycles. The Balaban J connectivity index is 4.37. The van der Waals surface area contributed by atoms with Crippen LogP contribution in [0.15, 0.2) is 48.6 Å². The number of rotatable bonds is 38. The lowest BCUT2D eigenvalue weighted by Crippen LogP contribution is -2.29. The molecule has 3 N–H and O–H groups in total. The SMILES string of the molecule is CC/C=C/C/C=C/C/C=C/CCCCCCCC(=O)O[C@H](COC(=O)CCCCCCC/C=C/CCCCCCCC)COP(=O)(O)OC[C@@H](O)CO. The Morgan fingerprint density at radius 3 is 1.58 bits per heavy atom. The fraction of sp³-hybridized carbons (Fsp3) is 0.762. The van der Waals surface area contributed by atoms with Gasteiger partial charge in [0.05, 0.1) is 19.8 Å². The summed E-state index contributed by atoms with van der Waals surface area (Å²) in [6.07, 6.45) is 39.3. The Bertz CT molecular complexity index is 1030. The van der Waals surface area contributed by atoms with E-state index < -0.39 is 51.8 Å². The van der Waals surface area contributed by atoms with E-state index in [0.717, 1.165) is 89.9 Å². The number of hydrogen-bond donors (Lipinski definition) is 3. The van der Waals surface area contributed by atoms with Crippen molar-refractivity contribution in [3.05, 3.63) is 48.6 Å². The van der Waals surface area contributed by atoms with Crippen molar-refractivity contribution in [2.45, 2.75) is 180 Å². The van der Waals surface area contributed by atoms with Gasteiger partial charge >= 0.3 is 19.8 Å². The predicted molar refractivity (Wildman–Crippen MR) is 214 cm³/mol. The van der Waals surface area contributed by atoms with Crippen molar-refractivity contribution in [2.24, 2.45) is 0 Å². The predicted octanol–water partition coefficient (Wildman–Crippen LogP) is 10.6. The number of phosphoric ester groups is 1. The van der Waals surface area contributed by atoms with E-state index in [0.29, 0.717) is 12.8 Å². The van der Waals surface area contributed by atoms with Crippen LogP contribution in [0.4, 0.5) is 0 Å². The Kier molecular flexibility index (Phi) is 36.7. The Hall–Kier alpha value is -2.07. The highest BCUT2D eigenvalue weighted by Gasteiger charge is 2.27. The fourth-order valence-corrected chi connectivity index (χ4v) is 6.08. The van der Waals surface area contributed by atoms with E-state index in [4.69, 9.17) is 19.1 Å². The van der Waals surface area contributed by atoms with E-state index in [1.807, 2.05) is 0 Å². The van der Waals surface area contributed by atoms with Crippen LogP contribution < -0.4 is 0 Å². The molecule has 0 amide bonds. The van der Waals surface area contributed by atoms with E-state index in [1.165, 1.54) is 38.5 Å². The van der Waals surface area contributed by atoms with E-state index >= 15 is 0 Å². The first-order chi connectivity index (χ1) is 25.7. The van der Waals surface area contributed by atoms with Crippen molar-refractivity contribution in [1.82, 2.24) is 0 Å². The van der Waals surface area contributed by atoms with E-state index in [1.54, 1.807) is 0 Å². The molecule has 0 aromatic heterocycles. The van der Waals surface area contributed by atoms with Crippen LogP contribution in [-0.2, 0) is 32.7 Å². The highest BCUT2D eigenvalue weighted by molar-refractivity contribution is 7.47. The van der Waals surface area contributed by atoms with Gasteiger partial charge in [-0.2, -0.15) is 0 Å². The summed E-state index contributed by atoms with van der Waals surface area (Å²) in [4.78, 5) is 34.9. The number of carbonyl (C=O) groups excluding carboxylic acids is 2. The van der Waals surface area contributed by atoms with Crippen LogP contribution in [0.25, 0.3) is 0 Å². The van der Waals surface area contributed by atoms with Crippen LogP contribution in [0, 0.1) is 0 Å². The summed E-state index contributed by atoms with van der Waals surface area (Å²) in [5, 5.41) is 18.3. The summed E-state index contributed by atoms with van der Waals surface area (Å²) >= 11 is 0. The number of ether oxygens (including phenoxy) is 2. The van der Waals surface area contributed by atoms with Crippen LogP contribution in [0.3, 0.4) is 0 Å². The molecule has 53 heavy (non-hydrogen) atoms. The lowest BCUT2D eigenvalue weighted by Gasteiger charge is -2.20. The molecule has 0 spiro atoms. The average Bonchev–Trinajstić information content (AvgIpc) is 3.14. The molecule has 0 bridgehead atoms. The monoisotopic (exact) mass is 771 g/mol. The topological polar surface area (TPSA) is 149 Å². The van der Waals surface area contributed by atoms with Gasteiger partial charge in [0, 0.05) is 12.8 Å². The maximum Gasteiger partial charge on any atom is 0.472 e. The summed E-state index contributed by atoms with van der Waals surface area (Å²) in [7, 11) is -4.62. The van der Waals surface area contributed by atoms with E-state index in [9.17, 15) is 24.2 Å². The molecule has 0 aliphatic heterocycles. The quantitative estimate of drug-likeness (QED) is 0.0240. The van der Waals surface area contributed by atoms with Crippen LogP contribution in [0.2, 0.25) is 0 Å². The lowest BCUT2D eigenvalue weighted by atomic mass is 10.1. The zero-order valence-electron chi connectivity index (χ0n) is 33.2. The number of allylic oxidation sites excluding steroid dienone is 8. The van der Waals surface area contributed by atoms with Gasteiger partial charge in [-0.15, -0.1) is 0 Å². The fourth-order valence-electron chi connectivity index (χ4n) is 5.30. The molecule has 308 valence electrons. The van der Waals surface area contributed by atoms with Gasteiger partial charge in [-0.1, -0.05) is 133 Å². The molecule has 0 aromatic rings. The van der Waals surface area contributed by atoms with Gasteiger partial charge in [0.2, 0.25) is 0 Å². The number of phosphoric acid groups is 1. The molecule has 0 saturated carbocycles. The number of unbranched alkanes of at least 4 members (excludes halogenated alkanes) is 16. The number of carbonyl (C=O) groups is 2. The summed E-state index contributed by atoms with van der Waals surface area (Å²) in [5.41, 5.74) is 0. The third-order valence-electron chi connectivity index (χ3n) is 8.47. The molecule has 10 nitrogen and oxygen atoms in total. The Labute approximate surface area is 322 Å². The normalized spacial score (nSPS) is 14.4. The number of aliphatic hydroxyl groups excluding tert-OH is 2. The van der Waals surface area contributed by atoms with Gasteiger partial charge in [0.15, 0.2) is 6.10 Å². The molecule has 0 saturated heterocycles. The molecular formula is C42H75O10P. The molecule has 3 atom stereocenters. The zero-order chi connectivity index (χ0) is 39.1. The second-order valence-electron chi connectivity index (χ2n) is 13.6. The molecule has 0 radical (unpaired) electrons. The van der Waals surface area contributed by atoms with Crippen LogP contribution in [-0.4, -0.2) is 65.7 Å². The minimum Gasteiger partial charge on any atom is -0.462 e. The third kappa shape index (κ3) is 38.0. The van der Waals surface area contributed by atoms with Crippen molar-refractivity contribution < 1.29 is 47.8 Å². The zero-order valence-corrected chi connectivity index (χ0v) is 34.1. The number of aliphatic hydroxyl groups is 2. The standard InChI is InChI=1S/C42H75O10P/c1-3-5-7-9-11-13-15-17-19-21-23-25-27-29-31-33-41(45)49-37-40(38-51-53(47,48)50-36-39(44)35-43)52-42(46)34-32-30-28-26-24-22-20-18-16-14-12-10-8-6-4-2/h6,8,12,14,17-20,39-40,43-44H,3-5,7,9-11,13,15-16,21-38H2,1-2H3,(H,47,48)/b8-6+,14-12+,19-17+,20-18+/t39-,40+/m0/s1. The second kappa shape index (κ2) is 38.2. The number of hydrogen-bond acceptors (Lipinski definition) is 9. The van der Waals surface area contributed by atoms with Crippen LogP contribution in [0.5, 0.6) is 0 Å². The average molecular weight is 771 g/mol. The van der Waals surface area contributed by atoms with Gasteiger partial charge in [-0.25, -0.2) is 4.57 Å². The van der Waals surface area contributed by atoms with Crippen molar-refractivity contribution in [2.75, 3.05) is 26.4 Å². The summed E-state index contributed by atoms with van der Waals surface area (Å²) in [6, 6.07) is 0. The minimum atomic E-state index is -4.62. The first-order valence-corrected chi connectivity index (χ1v) is 22.1. The molecule has 0 aliphatic carbocycles. The molecule has 1 unspecified atom stereocenters. The van der Waals surface area contributed by atoms with Crippen molar-refractivity contribution >= 4 is 19.8 Å². The number of esters is 2. The highest BCUT2D eigenvalue weighted by atomic mass is 31.2. The van der Waals surface area contributed by atoms with Gasteiger partial charge in [0.1, 0.15) is 12.7 Å². The van der Waals surface area contributed by atoms with Gasteiger partial charge < -0.3 is 24.6 Å². The molecule has 0 fully saturated rings. The first-order valence-electron chi connectivity index (χ1n) is 20.6. The van der Waals surface area contributed by atoms with E-state index in [2.05, 4.69) is 67.0 Å². The molecule has 0 aliphatic rings. The van der Waals surface area contributed by atoms with Gasteiger partial charge in [0.25, 0.3) is 0 Å².